The first kappa shape index (κ1) is 37.1. The lowest BCUT2D eigenvalue weighted by Gasteiger charge is -2.35. The molecule has 0 unspecified atom stereocenters. The molecule has 1 atom stereocenters. The Kier molecular flexibility index (Phi) is 10.2. The number of carbonyl (C=O) groups is 1. The summed E-state index contributed by atoms with van der Waals surface area (Å²) >= 11 is 7.20. The third kappa shape index (κ3) is 6.51. The smallest absolute Gasteiger partial charge is 0.332 e. The number of aryl methyl sites for hydroxylation is 2. The molecule has 1 aliphatic carbocycles. The fourth-order valence-corrected chi connectivity index (χ4v) is 8.06. The topological polar surface area (TPSA) is 133 Å². The molecule has 0 radical (unpaired) electrons. The SMILES string of the molecule is CCOC(=O)C1CCN([C@H]2CCc3cc(-c4cccc(-c5cccc(Nc6nc(C(F)F)nc7c6c(=O)n(C)c(=O)n7C)c5C)c4Cl)nc(OC)c32)CC1. The van der Waals surface area contributed by atoms with Gasteiger partial charge in [0.1, 0.15) is 11.2 Å². The predicted molar refractivity (Wildman–Crippen MR) is 202 cm³/mol. The van der Waals surface area contributed by atoms with Crippen molar-refractivity contribution in [1.29, 1.82) is 0 Å². The van der Waals surface area contributed by atoms with Crippen LogP contribution in [0.5, 0.6) is 5.88 Å². The van der Waals surface area contributed by atoms with E-state index in [0.717, 1.165) is 64.6 Å². The number of benzene rings is 2. The third-order valence-electron chi connectivity index (χ3n) is 10.6. The summed E-state index contributed by atoms with van der Waals surface area (Å²) in [7, 11) is 4.28. The molecular weight excluding hydrogens is 720 g/mol. The molecule has 15 heteroatoms. The number of nitrogens with one attached hydrogen (secondary N) is 1. The van der Waals surface area contributed by atoms with Crippen LogP contribution in [0.1, 0.15) is 61.2 Å². The monoisotopic (exact) mass is 759 g/mol. The van der Waals surface area contributed by atoms with Gasteiger partial charge in [-0.1, -0.05) is 41.9 Å². The molecule has 1 fully saturated rings. The normalized spacial score (nSPS) is 16.2. The molecule has 0 spiro atoms. The van der Waals surface area contributed by atoms with Crippen LogP contribution in [0, 0.1) is 12.8 Å². The minimum absolute atomic E-state index is 0.0739. The van der Waals surface area contributed by atoms with Gasteiger partial charge in [0.25, 0.3) is 12.0 Å². The van der Waals surface area contributed by atoms with Gasteiger partial charge < -0.3 is 14.8 Å². The molecule has 1 N–H and O–H groups in total. The van der Waals surface area contributed by atoms with Crippen molar-refractivity contribution in [2.75, 3.05) is 32.1 Å². The Labute approximate surface area is 314 Å². The summed E-state index contributed by atoms with van der Waals surface area (Å²) < 4.78 is 40.9. The number of methoxy groups -OCH3 is 1. The van der Waals surface area contributed by atoms with E-state index in [1.807, 2.05) is 38.1 Å². The van der Waals surface area contributed by atoms with Crippen molar-refractivity contribution in [3.63, 3.8) is 0 Å². The number of nitrogens with zero attached hydrogens (tertiary/aromatic N) is 6. The summed E-state index contributed by atoms with van der Waals surface area (Å²) in [6.45, 7) is 5.64. The van der Waals surface area contributed by atoms with Gasteiger partial charge >= 0.3 is 11.7 Å². The Balaban J connectivity index is 1.22. The van der Waals surface area contributed by atoms with Gasteiger partial charge in [0.2, 0.25) is 5.88 Å². The first-order valence-corrected chi connectivity index (χ1v) is 18.2. The van der Waals surface area contributed by atoms with Crippen molar-refractivity contribution in [3.05, 3.63) is 90.8 Å². The van der Waals surface area contributed by atoms with Crippen molar-refractivity contribution < 1.29 is 23.0 Å². The van der Waals surface area contributed by atoms with Gasteiger partial charge in [0.15, 0.2) is 11.5 Å². The van der Waals surface area contributed by atoms with E-state index >= 15 is 0 Å². The standard InChI is InChI=1S/C39H40ClF2N7O5/c1-6-54-38(51)21-15-17-49(18-16-21)28-14-13-22-19-27(44-36(53-5)29(22)28)25-11-7-10-24(31(25)40)23-9-8-12-26(20(23)2)43-33-30-35(46-34(45-33)32(41)42)47(3)39(52)48(4)37(30)50/h7-12,19,21,28,32H,6,13-18H2,1-5H3,(H,43,45,46)/t28-/m0/s1. The van der Waals surface area contributed by atoms with Crippen LogP contribution < -0.4 is 21.3 Å². The number of hydrogen-bond acceptors (Lipinski definition) is 10. The molecule has 2 aliphatic rings. The van der Waals surface area contributed by atoms with Crippen molar-refractivity contribution in [2.24, 2.45) is 20.0 Å². The van der Waals surface area contributed by atoms with Crippen molar-refractivity contribution >= 4 is 40.1 Å². The van der Waals surface area contributed by atoms with Crippen LogP contribution in [0.15, 0.2) is 52.1 Å². The Morgan fingerprint density at radius 1 is 1.00 bits per heavy atom. The molecule has 4 heterocycles. The largest absolute Gasteiger partial charge is 0.481 e. The average molecular weight is 760 g/mol. The minimum Gasteiger partial charge on any atom is -0.481 e. The van der Waals surface area contributed by atoms with Crippen LogP contribution in [-0.2, 0) is 30.0 Å². The summed E-state index contributed by atoms with van der Waals surface area (Å²) in [5.74, 6) is -0.614. The molecule has 0 bridgehead atoms. The number of piperidine rings is 1. The molecule has 1 saturated heterocycles. The highest BCUT2D eigenvalue weighted by Crippen LogP contribution is 2.45. The maximum atomic E-state index is 13.9. The zero-order chi connectivity index (χ0) is 38.4. The van der Waals surface area contributed by atoms with E-state index in [0.29, 0.717) is 45.6 Å². The van der Waals surface area contributed by atoms with E-state index in [9.17, 15) is 23.2 Å². The first-order valence-electron chi connectivity index (χ1n) is 17.8. The van der Waals surface area contributed by atoms with E-state index < -0.39 is 23.5 Å². The van der Waals surface area contributed by atoms with Crippen molar-refractivity contribution in [1.82, 2.24) is 29.0 Å². The van der Waals surface area contributed by atoms with E-state index in [4.69, 9.17) is 26.1 Å². The Morgan fingerprint density at radius 3 is 2.41 bits per heavy atom. The molecule has 1 aliphatic heterocycles. The number of esters is 1. The number of alkyl halides is 2. The molecule has 54 heavy (non-hydrogen) atoms. The molecule has 0 saturated carbocycles. The first-order chi connectivity index (χ1) is 25.9. The summed E-state index contributed by atoms with van der Waals surface area (Å²) in [6.07, 6.45) is 0.217. The van der Waals surface area contributed by atoms with Gasteiger partial charge in [-0.3, -0.25) is 23.6 Å². The van der Waals surface area contributed by atoms with Gasteiger partial charge in [-0.25, -0.2) is 28.5 Å². The number of anilines is 2. The molecule has 0 amide bonds. The highest BCUT2D eigenvalue weighted by atomic mass is 35.5. The lowest BCUT2D eigenvalue weighted by atomic mass is 9.94. The molecule has 282 valence electrons. The van der Waals surface area contributed by atoms with Gasteiger partial charge in [-0.2, -0.15) is 0 Å². The van der Waals surface area contributed by atoms with Crippen LogP contribution in [-0.4, -0.2) is 61.8 Å². The minimum atomic E-state index is -3.05. The number of rotatable bonds is 9. The Bertz CT molecular complexity index is 2410. The van der Waals surface area contributed by atoms with Crippen molar-refractivity contribution in [3.8, 4) is 28.3 Å². The maximum Gasteiger partial charge on any atom is 0.332 e. The lowest BCUT2D eigenvalue weighted by molar-refractivity contribution is -0.149. The number of likely N-dealkylation sites (tertiary alicyclic amines) is 1. The zero-order valence-corrected chi connectivity index (χ0v) is 31.3. The number of carbonyl (C=O) groups excluding carboxylic acids is 1. The highest BCUT2D eigenvalue weighted by molar-refractivity contribution is 6.36. The molecule has 2 aromatic carbocycles. The summed E-state index contributed by atoms with van der Waals surface area (Å²) in [4.78, 5) is 53.4. The average Bonchev–Trinajstić information content (AvgIpc) is 3.61. The Hall–Kier alpha value is -5.21. The van der Waals surface area contributed by atoms with Crippen LogP contribution in [0.2, 0.25) is 5.02 Å². The Morgan fingerprint density at radius 2 is 1.70 bits per heavy atom. The van der Waals surface area contributed by atoms with E-state index in [-0.39, 0.29) is 34.8 Å². The third-order valence-corrected chi connectivity index (χ3v) is 11.0. The van der Waals surface area contributed by atoms with E-state index in [1.54, 1.807) is 19.2 Å². The number of ether oxygens (including phenoxy) is 2. The number of pyridine rings is 1. The van der Waals surface area contributed by atoms with Crippen LogP contribution in [0.25, 0.3) is 33.4 Å². The fraction of sp³-hybridized carbons (Fsp3) is 0.385. The predicted octanol–water partition coefficient (Wildman–Crippen LogP) is 6.67. The number of halogens is 3. The van der Waals surface area contributed by atoms with Crippen LogP contribution >= 0.6 is 11.6 Å². The number of hydrogen-bond donors (Lipinski definition) is 1. The van der Waals surface area contributed by atoms with Gasteiger partial charge in [-0.15, -0.1) is 0 Å². The summed E-state index contributed by atoms with van der Waals surface area (Å²) in [5, 5.41) is 3.43. The second-order valence-electron chi connectivity index (χ2n) is 13.6. The highest BCUT2D eigenvalue weighted by Gasteiger charge is 2.36. The molecule has 3 aromatic heterocycles. The molecule has 5 aromatic rings. The van der Waals surface area contributed by atoms with Crippen molar-refractivity contribution in [2.45, 2.75) is 52.0 Å². The second-order valence-corrected chi connectivity index (χ2v) is 14.0. The fourth-order valence-electron chi connectivity index (χ4n) is 7.74. The van der Waals surface area contributed by atoms with Crippen LogP contribution in [0.3, 0.4) is 0 Å². The quantitative estimate of drug-likeness (QED) is 0.163. The van der Waals surface area contributed by atoms with Gasteiger partial charge in [-0.05, 0) is 81.4 Å². The zero-order valence-electron chi connectivity index (χ0n) is 30.6. The van der Waals surface area contributed by atoms with Gasteiger partial charge in [0, 0.05) is 42.5 Å². The van der Waals surface area contributed by atoms with Gasteiger partial charge in [0.05, 0.1) is 30.4 Å². The number of aromatic nitrogens is 5. The molecular formula is C39H40ClF2N7O5. The second kappa shape index (κ2) is 14.9. The summed E-state index contributed by atoms with van der Waals surface area (Å²) in [5.41, 5.74) is 4.61. The van der Waals surface area contributed by atoms with Crippen LogP contribution in [0.4, 0.5) is 20.3 Å². The number of fused-ring (bicyclic) bond motifs is 2. The van der Waals surface area contributed by atoms with E-state index in [1.165, 1.54) is 14.1 Å². The lowest BCUT2D eigenvalue weighted by Crippen LogP contribution is -2.38. The van der Waals surface area contributed by atoms with E-state index in [2.05, 4.69) is 26.3 Å². The maximum absolute atomic E-state index is 13.9. The summed E-state index contributed by atoms with van der Waals surface area (Å²) in [6, 6.07) is 13.3. The molecule has 12 nitrogen and oxygen atoms in total. The molecule has 7 rings (SSSR count).